The van der Waals surface area contributed by atoms with Crippen LogP contribution in [0.5, 0.6) is 5.75 Å². The van der Waals surface area contributed by atoms with E-state index in [9.17, 15) is 4.79 Å². The zero-order chi connectivity index (χ0) is 15.5. The molecule has 1 fully saturated rings. The van der Waals surface area contributed by atoms with Crippen LogP contribution in [0, 0.1) is 5.92 Å². The van der Waals surface area contributed by atoms with Crippen LogP contribution in [0.4, 0.5) is 0 Å². The third-order valence-electron chi connectivity index (χ3n) is 5.13. The molecule has 3 aliphatic rings. The SMILES string of the molecule is CN1C(=O)C2(N=C1N)c1cc(Br)ccc1OC1CCCCC12. The third-order valence-corrected chi connectivity index (χ3v) is 5.63. The number of benzene rings is 1. The van der Waals surface area contributed by atoms with Crippen molar-refractivity contribution in [2.75, 3.05) is 7.05 Å². The maximum absolute atomic E-state index is 13.1. The van der Waals surface area contributed by atoms with Crippen LogP contribution in [0.2, 0.25) is 0 Å². The van der Waals surface area contributed by atoms with Gasteiger partial charge in [-0.25, -0.2) is 4.99 Å². The highest BCUT2D eigenvalue weighted by atomic mass is 79.9. The number of guanidine groups is 1. The fourth-order valence-electron chi connectivity index (χ4n) is 4.06. The Morgan fingerprint density at radius 3 is 2.91 bits per heavy atom. The summed E-state index contributed by atoms with van der Waals surface area (Å²) in [5, 5.41) is 0. The molecule has 3 atom stereocenters. The number of aliphatic imine (C=N–C) groups is 1. The van der Waals surface area contributed by atoms with E-state index in [0.717, 1.165) is 41.5 Å². The maximum Gasteiger partial charge on any atom is 0.262 e. The van der Waals surface area contributed by atoms with Crippen LogP contribution in [-0.4, -0.2) is 29.9 Å². The number of halogens is 1. The van der Waals surface area contributed by atoms with E-state index in [0.29, 0.717) is 5.96 Å². The minimum absolute atomic E-state index is 0.0365. The maximum atomic E-state index is 13.1. The number of hydrogen-bond acceptors (Lipinski definition) is 4. The van der Waals surface area contributed by atoms with E-state index in [1.54, 1.807) is 7.05 Å². The molecule has 0 radical (unpaired) electrons. The van der Waals surface area contributed by atoms with Crippen molar-refractivity contribution in [1.82, 2.24) is 4.90 Å². The quantitative estimate of drug-likeness (QED) is 0.769. The molecule has 0 saturated heterocycles. The molecule has 6 heteroatoms. The molecule has 1 aliphatic carbocycles. The summed E-state index contributed by atoms with van der Waals surface area (Å²) >= 11 is 3.50. The van der Waals surface area contributed by atoms with Gasteiger partial charge >= 0.3 is 0 Å². The van der Waals surface area contributed by atoms with Crippen LogP contribution in [-0.2, 0) is 10.3 Å². The Labute approximate surface area is 137 Å². The number of nitrogens with two attached hydrogens (primary N) is 1. The average Bonchev–Trinajstić information content (AvgIpc) is 2.74. The van der Waals surface area contributed by atoms with E-state index in [-0.39, 0.29) is 17.9 Å². The molecule has 1 saturated carbocycles. The Kier molecular flexibility index (Phi) is 3.01. The molecule has 1 spiro atoms. The first-order chi connectivity index (χ1) is 10.5. The molecular formula is C16H18BrN3O2. The average molecular weight is 364 g/mol. The van der Waals surface area contributed by atoms with Crippen molar-refractivity contribution in [3.05, 3.63) is 28.2 Å². The number of carbonyl (C=O) groups excluding carboxylic acids is 1. The van der Waals surface area contributed by atoms with Gasteiger partial charge < -0.3 is 10.5 Å². The number of hydrogen-bond donors (Lipinski definition) is 1. The monoisotopic (exact) mass is 363 g/mol. The van der Waals surface area contributed by atoms with Gasteiger partial charge in [0.2, 0.25) is 0 Å². The number of nitrogens with zero attached hydrogens (tertiary/aromatic N) is 2. The van der Waals surface area contributed by atoms with Crippen LogP contribution in [0.25, 0.3) is 0 Å². The molecule has 4 rings (SSSR count). The number of fused-ring (bicyclic) bond motifs is 4. The normalized spacial score (nSPS) is 33.3. The van der Waals surface area contributed by atoms with Gasteiger partial charge in [0.05, 0.1) is 0 Å². The summed E-state index contributed by atoms with van der Waals surface area (Å²) in [5.41, 5.74) is 5.91. The minimum Gasteiger partial charge on any atom is -0.490 e. The van der Waals surface area contributed by atoms with Crippen molar-refractivity contribution in [3.8, 4) is 5.75 Å². The van der Waals surface area contributed by atoms with Gasteiger partial charge in [0.1, 0.15) is 11.9 Å². The Hall–Kier alpha value is -1.56. The minimum atomic E-state index is -0.915. The summed E-state index contributed by atoms with van der Waals surface area (Å²) in [6, 6.07) is 5.81. The lowest BCUT2D eigenvalue weighted by atomic mass is 9.67. The highest BCUT2D eigenvalue weighted by Crippen LogP contribution is 2.53. The van der Waals surface area contributed by atoms with E-state index in [4.69, 9.17) is 10.5 Å². The lowest BCUT2D eigenvalue weighted by Gasteiger charge is -2.45. The smallest absolute Gasteiger partial charge is 0.262 e. The van der Waals surface area contributed by atoms with E-state index >= 15 is 0 Å². The predicted octanol–water partition coefficient (Wildman–Crippen LogP) is 2.38. The lowest BCUT2D eigenvalue weighted by Crippen LogP contribution is -2.53. The van der Waals surface area contributed by atoms with E-state index in [1.807, 2.05) is 18.2 Å². The highest BCUT2D eigenvalue weighted by Gasteiger charge is 2.60. The predicted molar refractivity (Wildman–Crippen MR) is 86.6 cm³/mol. The fourth-order valence-corrected chi connectivity index (χ4v) is 4.42. The van der Waals surface area contributed by atoms with Crippen LogP contribution < -0.4 is 10.5 Å². The Morgan fingerprint density at radius 2 is 2.18 bits per heavy atom. The van der Waals surface area contributed by atoms with Gasteiger partial charge in [-0.1, -0.05) is 22.4 Å². The van der Waals surface area contributed by atoms with Crippen LogP contribution >= 0.6 is 15.9 Å². The number of rotatable bonds is 0. The second-order valence-corrected chi connectivity index (χ2v) is 7.20. The first kappa shape index (κ1) is 14.1. The standard InChI is InChI=1S/C16H18BrN3O2/c1-20-14(21)16(19-15(20)18)10-4-2-3-5-12(10)22-13-7-6-9(17)8-11(13)16/h6-8,10,12H,2-5H2,1H3,(H2,18,19). The van der Waals surface area contributed by atoms with Crippen molar-refractivity contribution in [3.63, 3.8) is 0 Å². The molecular weight excluding hydrogens is 346 g/mol. The number of carbonyl (C=O) groups is 1. The van der Waals surface area contributed by atoms with Crippen LogP contribution in [0.1, 0.15) is 31.2 Å². The van der Waals surface area contributed by atoms with Crippen LogP contribution in [0.15, 0.2) is 27.7 Å². The molecule has 1 amide bonds. The van der Waals surface area contributed by atoms with Gasteiger partial charge in [0.15, 0.2) is 11.5 Å². The summed E-state index contributed by atoms with van der Waals surface area (Å²) in [5.74, 6) is 1.07. The molecule has 22 heavy (non-hydrogen) atoms. The van der Waals surface area contributed by atoms with Gasteiger partial charge in [-0.2, -0.15) is 0 Å². The van der Waals surface area contributed by atoms with Crippen molar-refractivity contribution >= 4 is 27.8 Å². The second kappa shape index (κ2) is 4.72. The number of ether oxygens (including phenoxy) is 1. The third kappa shape index (κ3) is 1.70. The summed E-state index contributed by atoms with van der Waals surface area (Å²) in [6.45, 7) is 0. The molecule has 116 valence electrons. The first-order valence-corrected chi connectivity index (χ1v) is 8.43. The summed E-state index contributed by atoms with van der Waals surface area (Å²) < 4.78 is 7.11. The van der Waals surface area contributed by atoms with Gasteiger partial charge in [0, 0.05) is 23.0 Å². The molecule has 5 nitrogen and oxygen atoms in total. The summed E-state index contributed by atoms with van der Waals surface area (Å²) in [6.07, 6.45) is 4.17. The van der Waals surface area contributed by atoms with Crippen molar-refractivity contribution in [2.24, 2.45) is 16.6 Å². The molecule has 2 N–H and O–H groups in total. The Bertz CT molecular complexity index is 690. The largest absolute Gasteiger partial charge is 0.490 e. The molecule has 2 heterocycles. The molecule has 0 aromatic heterocycles. The van der Waals surface area contributed by atoms with E-state index < -0.39 is 5.54 Å². The molecule has 2 aliphatic heterocycles. The van der Waals surface area contributed by atoms with Crippen LogP contribution in [0.3, 0.4) is 0 Å². The van der Waals surface area contributed by atoms with Crippen molar-refractivity contribution < 1.29 is 9.53 Å². The molecule has 0 bridgehead atoms. The van der Waals surface area contributed by atoms with Gasteiger partial charge in [-0.15, -0.1) is 0 Å². The second-order valence-electron chi connectivity index (χ2n) is 6.29. The van der Waals surface area contributed by atoms with E-state index in [1.165, 1.54) is 4.90 Å². The zero-order valence-electron chi connectivity index (χ0n) is 12.4. The molecule has 3 unspecified atom stereocenters. The van der Waals surface area contributed by atoms with Gasteiger partial charge in [-0.3, -0.25) is 9.69 Å². The van der Waals surface area contributed by atoms with Gasteiger partial charge in [-0.05, 0) is 37.5 Å². The first-order valence-electron chi connectivity index (χ1n) is 7.64. The summed E-state index contributed by atoms with van der Waals surface area (Å²) in [4.78, 5) is 19.2. The Balaban J connectivity index is 1.97. The fraction of sp³-hybridized carbons (Fsp3) is 0.500. The Morgan fingerprint density at radius 1 is 1.41 bits per heavy atom. The lowest BCUT2D eigenvalue weighted by molar-refractivity contribution is -0.136. The van der Waals surface area contributed by atoms with Gasteiger partial charge in [0.25, 0.3) is 5.91 Å². The number of amides is 1. The summed E-state index contributed by atoms with van der Waals surface area (Å²) in [7, 11) is 1.70. The zero-order valence-corrected chi connectivity index (χ0v) is 14.0. The van der Waals surface area contributed by atoms with E-state index in [2.05, 4.69) is 20.9 Å². The van der Waals surface area contributed by atoms with Crippen molar-refractivity contribution in [2.45, 2.75) is 37.3 Å². The molecule has 1 aromatic carbocycles. The molecule has 1 aromatic rings. The van der Waals surface area contributed by atoms with Crippen molar-refractivity contribution in [1.29, 1.82) is 0 Å². The topological polar surface area (TPSA) is 67.9 Å². The number of likely N-dealkylation sites (N-methyl/N-ethyl adjacent to an activating group) is 1. The highest BCUT2D eigenvalue weighted by molar-refractivity contribution is 9.10.